The molecule has 10 heteroatoms. The quantitative estimate of drug-likeness (QED) is 0.0213. The fraction of sp³-hybridized carbons (Fsp3) is 0.830. The van der Waals surface area contributed by atoms with E-state index in [2.05, 4.69) is 50.3 Å². The summed E-state index contributed by atoms with van der Waals surface area (Å²) in [4.78, 5) is 35.3. The van der Waals surface area contributed by atoms with Crippen LogP contribution < -0.4 is 0 Å². The van der Waals surface area contributed by atoms with Gasteiger partial charge in [-0.2, -0.15) is 0 Å². The van der Waals surface area contributed by atoms with Crippen molar-refractivity contribution in [2.75, 3.05) is 47.5 Å². The third kappa shape index (κ3) is 43.6. The molecule has 0 aliphatic carbocycles. The highest BCUT2D eigenvalue weighted by molar-refractivity contribution is 7.47. The molecule has 0 aliphatic heterocycles. The third-order valence-corrected chi connectivity index (χ3v) is 10.9. The lowest BCUT2D eigenvalue weighted by molar-refractivity contribution is -0.870. The molecule has 0 aromatic rings. The molecule has 0 saturated carbocycles. The monoisotopic (exact) mass is 827 g/mol. The third-order valence-electron chi connectivity index (χ3n) is 9.92. The first kappa shape index (κ1) is 55.2. The van der Waals surface area contributed by atoms with Gasteiger partial charge in [-0.15, -0.1) is 0 Å². The first-order valence-electron chi connectivity index (χ1n) is 23.2. The standard InChI is InChI=1S/C47H88NO8P/c1-6-8-10-12-14-16-18-19-20-21-22-23-24-25-26-27-28-29-30-32-34-36-38-40-47(50)56-45(44-55-57(51,52)54-42-41-48(3,4)5)43-53-46(49)39-37-35-33-31-17-15-13-11-9-7-2/h18-19,21-22,24-25,45H,6-17,20,23,26-44H2,1-5H3/p+1/b19-18-,22-21-,25-24-. The minimum Gasteiger partial charge on any atom is -0.462 e. The minimum absolute atomic E-state index is 0.0307. The summed E-state index contributed by atoms with van der Waals surface area (Å²) in [6.07, 6.45) is 44.8. The zero-order valence-electron chi connectivity index (χ0n) is 37.6. The maximum Gasteiger partial charge on any atom is 0.472 e. The number of phosphoric acid groups is 1. The Morgan fingerprint density at radius 3 is 1.40 bits per heavy atom. The summed E-state index contributed by atoms with van der Waals surface area (Å²) in [6, 6.07) is 0. The average Bonchev–Trinajstić information content (AvgIpc) is 3.16. The second kappa shape index (κ2) is 39.7. The summed E-state index contributed by atoms with van der Waals surface area (Å²) in [7, 11) is 1.47. The largest absolute Gasteiger partial charge is 0.472 e. The second-order valence-corrected chi connectivity index (χ2v) is 18.2. The van der Waals surface area contributed by atoms with E-state index in [0.717, 1.165) is 57.8 Å². The smallest absolute Gasteiger partial charge is 0.462 e. The molecule has 0 bridgehead atoms. The van der Waals surface area contributed by atoms with Crippen LogP contribution in [0.1, 0.15) is 200 Å². The molecule has 0 radical (unpaired) electrons. The van der Waals surface area contributed by atoms with Gasteiger partial charge in [-0.3, -0.25) is 18.6 Å². The van der Waals surface area contributed by atoms with E-state index in [1.165, 1.54) is 109 Å². The summed E-state index contributed by atoms with van der Waals surface area (Å²) in [5, 5.41) is 0. The Morgan fingerprint density at radius 2 is 0.947 bits per heavy atom. The molecule has 0 heterocycles. The molecular weight excluding hydrogens is 737 g/mol. The van der Waals surface area contributed by atoms with Gasteiger partial charge in [0.15, 0.2) is 6.10 Å². The van der Waals surface area contributed by atoms with Crippen molar-refractivity contribution in [2.45, 2.75) is 206 Å². The molecule has 0 rings (SSSR count). The fourth-order valence-electron chi connectivity index (χ4n) is 6.26. The molecule has 2 atom stereocenters. The SMILES string of the molecule is CCCCCCC/C=C\C/C=C\C/C=C\CCCCCCCCCCC(=O)OC(COC(=O)CCCCCCCCCCCC)COP(=O)(O)OCC[N+](C)(C)C. The number of quaternary nitrogens is 1. The van der Waals surface area contributed by atoms with Gasteiger partial charge in [0.1, 0.15) is 19.8 Å². The maximum atomic E-state index is 12.7. The van der Waals surface area contributed by atoms with Crippen molar-refractivity contribution >= 4 is 19.8 Å². The number of rotatable bonds is 42. The Balaban J connectivity index is 4.25. The number of unbranched alkanes of at least 4 members (excludes halogenated alkanes) is 22. The molecule has 2 unspecified atom stereocenters. The van der Waals surface area contributed by atoms with Crippen molar-refractivity contribution in [1.29, 1.82) is 0 Å². The van der Waals surface area contributed by atoms with Crippen molar-refractivity contribution in [2.24, 2.45) is 0 Å². The summed E-state index contributed by atoms with van der Waals surface area (Å²) < 4.78 is 34.3. The first-order valence-corrected chi connectivity index (χ1v) is 24.7. The highest BCUT2D eigenvalue weighted by atomic mass is 31.2. The predicted molar refractivity (Wildman–Crippen MR) is 238 cm³/mol. The van der Waals surface area contributed by atoms with Crippen LogP contribution in [0.2, 0.25) is 0 Å². The highest BCUT2D eigenvalue weighted by Crippen LogP contribution is 2.43. The zero-order chi connectivity index (χ0) is 42.1. The molecule has 0 aliphatic rings. The van der Waals surface area contributed by atoms with Gasteiger partial charge >= 0.3 is 19.8 Å². The van der Waals surface area contributed by atoms with Crippen LogP contribution in [0.3, 0.4) is 0 Å². The molecule has 0 aromatic heterocycles. The molecule has 1 N–H and O–H groups in total. The average molecular weight is 827 g/mol. The Bertz CT molecular complexity index is 1070. The van der Waals surface area contributed by atoms with Crippen LogP contribution in [0.25, 0.3) is 0 Å². The van der Waals surface area contributed by atoms with Gasteiger partial charge in [0.2, 0.25) is 0 Å². The molecular formula is C47H89NO8P+. The Labute approximate surface area is 351 Å². The highest BCUT2D eigenvalue weighted by Gasteiger charge is 2.27. The van der Waals surface area contributed by atoms with Crippen LogP contribution in [-0.2, 0) is 32.7 Å². The lowest BCUT2D eigenvalue weighted by Gasteiger charge is -2.24. The number of phosphoric ester groups is 1. The van der Waals surface area contributed by atoms with E-state index in [1.54, 1.807) is 0 Å². The number of esters is 2. The number of nitrogens with zero attached hydrogens (tertiary/aromatic N) is 1. The van der Waals surface area contributed by atoms with E-state index in [4.69, 9.17) is 18.5 Å². The zero-order valence-corrected chi connectivity index (χ0v) is 38.5. The Hall–Kier alpha value is -1.77. The van der Waals surface area contributed by atoms with Crippen LogP contribution in [0.5, 0.6) is 0 Å². The molecule has 0 saturated heterocycles. The van der Waals surface area contributed by atoms with Crippen LogP contribution >= 0.6 is 7.82 Å². The Morgan fingerprint density at radius 1 is 0.544 bits per heavy atom. The van der Waals surface area contributed by atoms with E-state index in [9.17, 15) is 19.0 Å². The van der Waals surface area contributed by atoms with E-state index >= 15 is 0 Å². The van der Waals surface area contributed by atoms with Crippen LogP contribution in [0, 0.1) is 0 Å². The lowest BCUT2D eigenvalue weighted by Crippen LogP contribution is -2.37. The minimum atomic E-state index is -4.37. The number of allylic oxidation sites excluding steroid dienone is 6. The number of ether oxygens (including phenoxy) is 2. The van der Waals surface area contributed by atoms with E-state index in [1.807, 2.05) is 21.1 Å². The van der Waals surface area contributed by atoms with Gasteiger partial charge in [-0.1, -0.05) is 172 Å². The number of hydrogen-bond donors (Lipinski definition) is 1. The van der Waals surface area contributed by atoms with Gasteiger partial charge in [-0.25, -0.2) is 4.57 Å². The van der Waals surface area contributed by atoms with Crippen molar-refractivity contribution in [1.82, 2.24) is 0 Å². The maximum absolute atomic E-state index is 12.7. The second-order valence-electron chi connectivity index (χ2n) is 16.8. The van der Waals surface area contributed by atoms with E-state index in [0.29, 0.717) is 17.4 Å². The van der Waals surface area contributed by atoms with Crippen molar-refractivity contribution < 1.29 is 42.1 Å². The molecule has 57 heavy (non-hydrogen) atoms. The molecule has 0 fully saturated rings. The van der Waals surface area contributed by atoms with Gasteiger partial charge in [-0.05, 0) is 51.4 Å². The summed E-state index contributed by atoms with van der Waals surface area (Å²) in [5.41, 5.74) is 0. The fourth-order valence-corrected chi connectivity index (χ4v) is 7.00. The van der Waals surface area contributed by atoms with Crippen molar-refractivity contribution in [3.05, 3.63) is 36.5 Å². The van der Waals surface area contributed by atoms with E-state index < -0.39 is 26.5 Å². The van der Waals surface area contributed by atoms with Crippen molar-refractivity contribution in [3.63, 3.8) is 0 Å². The number of hydrogen-bond acceptors (Lipinski definition) is 7. The van der Waals surface area contributed by atoms with Gasteiger partial charge in [0.05, 0.1) is 27.7 Å². The van der Waals surface area contributed by atoms with Gasteiger partial charge < -0.3 is 18.9 Å². The summed E-state index contributed by atoms with van der Waals surface area (Å²) >= 11 is 0. The normalized spacial score (nSPS) is 13.9. The van der Waals surface area contributed by atoms with E-state index in [-0.39, 0.29) is 32.0 Å². The van der Waals surface area contributed by atoms with Crippen molar-refractivity contribution in [3.8, 4) is 0 Å². The van der Waals surface area contributed by atoms with Crippen LogP contribution in [-0.4, -0.2) is 74.9 Å². The Kier molecular flexibility index (Phi) is 38.4. The molecule has 0 aromatic carbocycles. The van der Waals surface area contributed by atoms with Crippen LogP contribution in [0.15, 0.2) is 36.5 Å². The van der Waals surface area contributed by atoms with Crippen LogP contribution in [0.4, 0.5) is 0 Å². The van der Waals surface area contributed by atoms with Gasteiger partial charge in [0, 0.05) is 12.8 Å². The summed E-state index contributed by atoms with van der Waals surface area (Å²) in [5.74, 6) is -0.805. The molecule has 0 spiro atoms. The molecule has 0 amide bonds. The lowest BCUT2D eigenvalue weighted by atomic mass is 10.1. The summed E-state index contributed by atoms with van der Waals surface area (Å²) in [6.45, 7) is 4.39. The van der Waals surface area contributed by atoms with Gasteiger partial charge in [0.25, 0.3) is 0 Å². The topological polar surface area (TPSA) is 108 Å². The molecule has 334 valence electrons. The number of carbonyl (C=O) groups is 2. The predicted octanol–water partition coefficient (Wildman–Crippen LogP) is 13.3. The molecule has 9 nitrogen and oxygen atoms in total. The number of likely N-dealkylation sites (N-methyl/N-ethyl adjacent to an activating group) is 1. The first-order chi connectivity index (χ1) is 27.5. The number of carbonyl (C=O) groups excluding carboxylic acids is 2.